The lowest BCUT2D eigenvalue weighted by atomic mass is 10.1. The number of benzene rings is 3. The highest BCUT2D eigenvalue weighted by Gasteiger charge is 2.40. The smallest absolute Gasteiger partial charge is 0.283 e. The average molecular weight is 556 g/mol. The maximum absolute atomic E-state index is 13.0. The van der Waals surface area contributed by atoms with Gasteiger partial charge in [0.2, 0.25) is 0 Å². The molecule has 0 saturated heterocycles. The molecule has 0 spiro atoms. The van der Waals surface area contributed by atoms with Crippen LogP contribution >= 0.6 is 58.0 Å². The van der Waals surface area contributed by atoms with Crippen LogP contribution in [0.3, 0.4) is 0 Å². The summed E-state index contributed by atoms with van der Waals surface area (Å²) in [5.74, 6) is -1.90. The summed E-state index contributed by atoms with van der Waals surface area (Å²) < 4.78 is 0. The Morgan fingerprint density at radius 1 is 0.735 bits per heavy atom. The highest BCUT2D eigenvalue weighted by molar-refractivity contribution is 6.54. The zero-order valence-electron chi connectivity index (χ0n) is 16.8. The van der Waals surface area contributed by atoms with E-state index in [1.54, 1.807) is 30.3 Å². The fourth-order valence-corrected chi connectivity index (χ4v) is 4.03. The van der Waals surface area contributed by atoms with Gasteiger partial charge in [-0.05, 0) is 54.6 Å². The molecule has 0 radical (unpaired) electrons. The molecule has 0 fully saturated rings. The van der Waals surface area contributed by atoms with Gasteiger partial charge in [-0.1, -0.05) is 64.1 Å². The molecule has 0 saturated carbocycles. The van der Waals surface area contributed by atoms with Gasteiger partial charge in [0.1, 0.15) is 10.7 Å². The number of hydrogen-bond donors (Lipinski definition) is 2. The molecule has 6 nitrogen and oxygen atoms in total. The van der Waals surface area contributed by atoms with Crippen molar-refractivity contribution in [1.29, 1.82) is 0 Å². The summed E-state index contributed by atoms with van der Waals surface area (Å²) in [4.78, 5) is 39.2. The van der Waals surface area contributed by atoms with Crippen LogP contribution in [0.25, 0.3) is 0 Å². The highest BCUT2D eigenvalue weighted by atomic mass is 35.5. The first-order valence-corrected chi connectivity index (χ1v) is 11.4. The molecule has 172 valence electrons. The van der Waals surface area contributed by atoms with Crippen LogP contribution in [0.5, 0.6) is 0 Å². The fraction of sp³-hybridized carbons (Fsp3) is 0. The summed E-state index contributed by atoms with van der Waals surface area (Å²) in [7, 11) is 0. The molecule has 11 heteroatoms. The topological polar surface area (TPSA) is 78.5 Å². The zero-order valence-corrected chi connectivity index (χ0v) is 20.6. The lowest BCUT2D eigenvalue weighted by Crippen LogP contribution is -2.32. The molecule has 3 aromatic carbocycles. The number of carbonyl (C=O) groups is 3. The second kappa shape index (κ2) is 9.86. The summed E-state index contributed by atoms with van der Waals surface area (Å²) in [6.07, 6.45) is 0. The molecule has 4 rings (SSSR count). The lowest BCUT2D eigenvalue weighted by molar-refractivity contribution is -0.120. The predicted molar refractivity (Wildman–Crippen MR) is 136 cm³/mol. The van der Waals surface area contributed by atoms with Crippen molar-refractivity contribution < 1.29 is 14.4 Å². The summed E-state index contributed by atoms with van der Waals surface area (Å²) in [6.45, 7) is 0. The minimum Gasteiger partial charge on any atom is -0.350 e. The molecule has 3 amide bonds. The van der Waals surface area contributed by atoms with E-state index in [2.05, 4.69) is 10.6 Å². The summed E-state index contributed by atoms with van der Waals surface area (Å²) in [5, 5.41) is 6.30. The minimum absolute atomic E-state index is 0.105. The van der Waals surface area contributed by atoms with Crippen molar-refractivity contribution in [2.75, 3.05) is 15.5 Å². The molecule has 34 heavy (non-hydrogen) atoms. The third-order valence-electron chi connectivity index (χ3n) is 4.75. The number of carbonyl (C=O) groups excluding carboxylic acids is 3. The Hall–Kier alpha value is -2.74. The molecular formula is C23H12Cl5N3O3. The van der Waals surface area contributed by atoms with Gasteiger partial charge in [0.15, 0.2) is 0 Å². The Bertz CT molecular complexity index is 1390. The quantitative estimate of drug-likeness (QED) is 0.333. The van der Waals surface area contributed by atoms with Gasteiger partial charge in [-0.15, -0.1) is 0 Å². The molecule has 0 unspecified atom stereocenters. The van der Waals surface area contributed by atoms with Gasteiger partial charge in [-0.25, -0.2) is 4.90 Å². The van der Waals surface area contributed by atoms with Crippen LogP contribution in [-0.2, 0) is 9.59 Å². The van der Waals surface area contributed by atoms with Gasteiger partial charge in [-0.2, -0.15) is 0 Å². The first-order valence-electron chi connectivity index (χ1n) is 9.53. The number of rotatable bonds is 5. The van der Waals surface area contributed by atoms with Crippen molar-refractivity contribution in [2.24, 2.45) is 0 Å². The van der Waals surface area contributed by atoms with Crippen molar-refractivity contribution in [3.05, 3.63) is 97.0 Å². The Balaban J connectivity index is 1.56. The van der Waals surface area contributed by atoms with Crippen LogP contribution in [-0.4, -0.2) is 17.7 Å². The molecule has 1 aliphatic heterocycles. The molecular weight excluding hydrogens is 544 g/mol. The summed E-state index contributed by atoms with van der Waals surface area (Å²) in [5.41, 5.74) is 1.03. The molecule has 0 aliphatic carbocycles. The first-order chi connectivity index (χ1) is 16.2. The van der Waals surface area contributed by atoms with Gasteiger partial charge in [0.25, 0.3) is 17.7 Å². The Labute approximate surface area is 219 Å². The van der Waals surface area contributed by atoms with Crippen LogP contribution in [0, 0.1) is 0 Å². The van der Waals surface area contributed by atoms with Gasteiger partial charge >= 0.3 is 0 Å². The van der Waals surface area contributed by atoms with Crippen molar-refractivity contribution in [3.8, 4) is 0 Å². The van der Waals surface area contributed by atoms with E-state index in [1.807, 2.05) is 0 Å². The molecule has 0 atom stereocenters. The molecule has 1 heterocycles. The standard InChI is InChI=1S/C23H12Cl5N3O3/c24-12-4-6-16(26)18(9-12)31-22(33)19(28)20(23(31)34)29-13-3-1-2-11(8-13)21(32)30-14-5-7-15(25)17(27)10-14/h1-10,29H,(H,30,32). The molecule has 3 aromatic rings. The third kappa shape index (κ3) is 4.87. The number of nitrogens with one attached hydrogen (secondary N) is 2. The van der Waals surface area contributed by atoms with Gasteiger partial charge in [0.05, 0.1) is 20.8 Å². The largest absolute Gasteiger partial charge is 0.350 e. The predicted octanol–water partition coefficient (Wildman–Crippen LogP) is 6.99. The van der Waals surface area contributed by atoms with E-state index in [4.69, 9.17) is 58.0 Å². The van der Waals surface area contributed by atoms with Gasteiger partial charge in [-0.3, -0.25) is 14.4 Å². The maximum atomic E-state index is 13.0. The Morgan fingerprint density at radius 2 is 1.47 bits per heavy atom. The number of nitrogens with zero attached hydrogens (tertiary/aromatic N) is 1. The van der Waals surface area contributed by atoms with Gasteiger partial charge < -0.3 is 10.6 Å². The van der Waals surface area contributed by atoms with E-state index in [1.165, 1.54) is 30.3 Å². The van der Waals surface area contributed by atoms with Crippen LogP contribution < -0.4 is 15.5 Å². The summed E-state index contributed by atoms with van der Waals surface area (Å²) >= 11 is 30.2. The molecule has 0 bridgehead atoms. The molecule has 1 aliphatic rings. The molecule has 0 aromatic heterocycles. The van der Waals surface area contributed by atoms with Crippen LogP contribution in [0.2, 0.25) is 20.1 Å². The van der Waals surface area contributed by atoms with Crippen molar-refractivity contribution in [1.82, 2.24) is 0 Å². The van der Waals surface area contributed by atoms with E-state index >= 15 is 0 Å². The SMILES string of the molecule is O=C(Nc1ccc(Cl)c(Cl)c1)c1cccc(NC2=C(Cl)C(=O)N(c3cc(Cl)ccc3Cl)C2=O)c1. The van der Waals surface area contributed by atoms with E-state index in [0.717, 1.165) is 4.90 Å². The number of imide groups is 1. The first kappa shape index (κ1) is 24.4. The number of hydrogen-bond acceptors (Lipinski definition) is 4. The monoisotopic (exact) mass is 553 g/mol. The highest BCUT2D eigenvalue weighted by Crippen LogP contribution is 2.36. The Morgan fingerprint density at radius 3 is 2.21 bits per heavy atom. The Kier molecular flexibility index (Phi) is 7.07. The average Bonchev–Trinajstić information content (AvgIpc) is 3.01. The van der Waals surface area contributed by atoms with Crippen molar-refractivity contribution in [2.45, 2.75) is 0 Å². The van der Waals surface area contributed by atoms with Crippen molar-refractivity contribution in [3.63, 3.8) is 0 Å². The van der Waals surface area contributed by atoms with Gasteiger partial charge in [0, 0.05) is 22.0 Å². The molecule has 2 N–H and O–H groups in total. The number of halogens is 5. The van der Waals surface area contributed by atoms with Crippen molar-refractivity contribution >= 4 is 92.8 Å². The zero-order chi connectivity index (χ0) is 24.6. The number of anilines is 3. The summed E-state index contributed by atoms with van der Waals surface area (Å²) in [6, 6.07) is 15.4. The van der Waals surface area contributed by atoms with Crippen LogP contribution in [0.4, 0.5) is 17.1 Å². The van der Waals surface area contributed by atoms with Crippen LogP contribution in [0.1, 0.15) is 10.4 Å². The lowest BCUT2D eigenvalue weighted by Gasteiger charge is -2.17. The normalized spacial score (nSPS) is 13.5. The fourth-order valence-electron chi connectivity index (χ4n) is 3.15. The second-order valence-corrected chi connectivity index (χ2v) is 9.06. The van der Waals surface area contributed by atoms with E-state index in [9.17, 15) is 14.4 Å². The van der Waals surface area contributed by atoms with Crippen LogP contribution in [0.15, 0.2) is 71.4 Å². The maximum Gasteiger partial charge on any atom is 0.283 e. The van der Waals surface area contributed by atoms with E-state index in [-0.39, 0.29) is 27.0 Å². The minimum atomic E-state index is -0.758. The van der Waals surface area contributed by atoms with E-state index < -0.39 is 17.7 Å². The van der Waals surface area contributed by atoms with E-state index in [0.29, 0.717) is 26.4 Å². The second-order valence-electron chi connectivity index (χ2n) is 7.02. The third-order valence-corrected chi connectivity index (χ3v) is 6.39. The number of amides is 3.